The summed E-state index contributed by atoms with van der Waals surface area (Å²) in [7, 11) is 0. The van der Waals surface area contributed by atoms with Crippen LogP contribution in [0, 0.1) is 6.92 Å². The predicted octanol–water partition coefficient (Wildman–Crippen LogP) is 4.73. The molecule has 2 heterocycles. The van der Waals surface area contributed by atoms with Crippen LogP contribution in [-0.2, 0) is 6.54 Å². The minimum absolute atomic E-state index is 0.415. The highest BCUT2D eigenvalue weighted by Crippen LogP contribution is 2.27. The molecule has 86 valence electrons. The molecule has 0 fully saturated rings. The Balaban J connectivity index is 1.91. The third-order valence-corrected chi connectivity index (χ3v) is 5.21. The van der Waals surface area contributed by atoms with Crippen molar-refractivity contribution in [3.8, 4) is 0 Å². The molecule has 1 N–H and O–H groups in total. The lowest BCUT2D eigenvalue weighted by Crippen LogP contribution is -2.16. The molecule has 0 saturated carbocycles. The zero-order valence-electron chi connectivity index (χ0n) is 9.29. The first kappa shape index (κ1) is 12.3. The van der Waals surface area contributed by atoms with E-state index in [1.807, 2.05) is 11.3 Å². The first-order chi connectivity index (χ1) is 7.65. The summed E-state index contributed by atoms with van der Waals surface area (Å²) in [6.07, 6.45) is 0. The van der Waals surface area contributed by atoms with Crippen LogP contribution in [0.25, 0.3) is 0 Å². The molecule has 1 nitrogen and oxygen atoms in total. The fourth-order valence-electron chi connectivity index (χ4n) is 1.50. The van der Waals surface area contributed by atoms with E-state index in [9.17, 15) is 0 Å². The number of hydrogen-bond donors (Lipinski definition) is 1. The molecule has 16 heavy (non-hydrogen) atoms. The molecule has 0 radical (unpaired) electrons. The zero-order valence-corrected chi connectivity index (χ0v) is 12.5. The van der Waals surface area contributed by atoms with Gasteiger partial charge in [-0.1, -0.05) is 0 Å². The molecule has 0 aliphatic rings. The van der Waals surface area contributed by atoms with Crippen molar-refractivity contribution in [2.75, 3.05) is 0 Å². The predicted molar refractivity (Wildman–Crippen MR) is 76.3 cm³/mol. The maximum Gasteiger partial charge on any atom is 0.0701 e. The van der Waals surface area contributed by atoms with Crippen molar-refractivity contribution in [3.63, 3.8) is 0 Å². The van der Waals surface area contributed by atoms with Crippen LogP contribution in [0.2, 0.25) is 0 Å². The van der Waals surface area contributed by atoms with Crippen molar-refractivity contribution in [1.82, 2.24) is 5.32 Å². The van der Waals surface area contributed by atoms with Gasteiger partial charge in [-0.05, 0) is 54.0 Å². The van der Waals surface area contributed by atoms with Crippen LogP contribution in [0.4, 0.5) is 0 Å². The maximum absolute atomic E-state index is 3.54. The number of thiophene rings is 2. The Kier molecular flexibility index (Phi) is 4.19. The van der Waals surface area contributed by atoms with Gasteiger partial charge in [0.05, 0.1) is 3.79 Å². The largest absolute Gasteiger partial charge is 0.305 e. The van der Waals surface area contributed by atoms with Gasteiger partial charge in [0.15, 0.2) is 0 Å². The number of aryl methyl sites for hydroxylation is 1. The molecule has 0 aromatic carbocycles. The molecule has 4 heteroatoms. The molecule has 2 aromatic rings. The molecule has 0 bridgehead atoms. The van der Waals surface area contributed by atoms with Gasteiger partial charge in [0.25, 0.3) is 0 Å². The van der Waals surface area contributed by atoms with Gasteiger partial charge >= 0.3 is 0 Å². The highest BCUT2D eigenvalue weighted by Gasteiger charge is 2.07. The molecule has 1 atom stereocenters. The maximum atomic E-state index is 3.54. The number of rotatable bonds is 4. The van der Waals surface area contributed by atoms with Gasteiger partial charge in [0, 0.05) is 27.2 Å². The molecule has 0 amide bonds. The Morgan fingerprint density at radius 1 is 1.25 bits per heavy atom. The summed E-state index contributed by atoms with van der Waals surface area (Å²) in [6, 6.07) is 9.07. The highest BCUT2D eigenvalue weighted by molar-refractivity contribution is 9.11. The quantitative estimate of drug-likeness (QED) is 0.860. The molecule has 0 aliphatic carbocycles. The number of halogens is 1. The van der Waals surface area contributed by atoms with Crippen LogP contribution >= 0.6 is 38.6 Å². The van der Waals surface area contributed by atoms with Crippen LogP contribution in [-0.4, -0.2) is 0 Å². The lowest BCUT2D eigenvalue weighted by atomic mass is 10.3. The SMILES string of the molecule is Cc1ccc(CNC(C)c2ccc(Br)s2)s1. The summed E-state index contributed by atoms with van der Waals surface area (Å²) in [5, 5.41) is 3.54. The molecule has 0 saturated heterocycles. The normalized spacial score (nSPS) is 12.9. The summed E-state index contributed by atoms with van der Waals surface area (Å²) >= 11 is 7.15. The summed E-state index contributed by atoms with van der Waals surface area (Å²) in [6.45, 7) is 5.31. The van der Waals surface area contributed by atoms with Crippen molar-refractivity contribution in [3.05, 3.63) is 42.7 Å². The molecule has 0 aliphatic heterocycles. The fraction of sp³-hybridized carbons (Fsp3) is 0.333. The Labute approximate surface area is 113 Å². The van der Waals surface area contributed by atoms with Gasteiger partial charge in [-0.25, -0.2) is 0 Å². The Morgan fingerprint density at radius 2 is 2.06 bits per heavy atom. The van der Waals surface area contributed by atoms with E-state index in [-0.39, 0.29) is 0 Å². The van der Waals surface area contributed by atoms with Gasteiger partial charge < -0.3 is 5.32 Å². The van der Waals surface area contributed by atoms with Gasteiger partial charge in [-0.2, -0.15) is 0 Å². The third kappa shape index (κ3) is 3.17. The molecule has 0 spiro atoms. The van der Waals surface area contributed by atoms with Crippen molar-refractivity contribution in [2.24, 2.45) is 0 Å². The summed E-state index contributed by atoms with van der Waals surface area (Å²) in [4.78, 5) is 4.16. The Hall–Kier alpha value is -0.160. The third-order valence-electron chi connectivity index (χ3n) is 2.40. The average molecular weight is 316 g/mol. The van der Waals surface area contributed by atoms with E-state index in [4.69, 9.17) is 0 Å². The van der Waals surface area contributed by atoms with E-state index in [1.165, 1.54) is 18.4 Å². The first-order valence-electron chi connectivity index (χ1n) is 5.19. The Morgan fingerprint density at radius 3 is 2.62 bits per heavy atom. The van der Waals surface area contributed by atoms with E-state index in [0.29, 0.717) is 6.04 Å². The monoisotopic (exact) mass is 315 g/mol. The minimum atomic E-state index is 0.415. The van der Waals surface area contributed by atoms with Crippen molar-refractivity contribution >= 4 is 38.6 Å². The van der Waals surface area contributed by atoms with E-state index >= 15 is 0 Å². The van der Waals surface area contributed by atoms with Crippen molar-refractivity contribution in [1.29, 1.82) is 0 Å². The van der Waals surface area contributed by atoms with Crippen LogP contribution in [0.1, 0.15) is 27.6 Å². The van der Waals surface area contributed by atoms with Gasteiger partial charge in [0.2, 0.25) is 0 Å². The van der Waals surface area contributed by atoms with Gasteiger partial charge in [-0.3, -0.25) is 0 Å². The van der Waals surface area contributed by atoms with Gasteiger partial charge in [0.1, 0.15) is 0 Å². The summed E-state index contributed by atoms with van der Waals surface area (Å²) in [5.74, 6) is 0. The fourth-order valence-corrected chi connectivity index (χ4v) is 3.79. The van der Waals surface area contributed by atoms with Crippen LogP contribution in [0.3, 0.4) is 0 Å². The second-order valence-electron chi connectivity index (χ2n) is 3.76. The molecular formula is C12H14BrNS2. The van der Waals surface area contributed by atoms with E-state index in [2.05, 4.69) is 59.4 Å². The zero-order chi connectivity index (χ0) is 11.5. The van der Waals surface area contributed by atoms with Crippen LogP contribution in [0.5, 0.6) is 0 Å². The molecule has 2 rings (SSSR count). The number of nitrogens with one attached hydrogen (secondary N) is 1. The minimum Gasteiger partial charge on any atom is -0.305 e. The topological polar surface area (TPSA) is 12.0 Å². The van der Waals surface area contributed by atoms with Crippen molar-refractivity contribution < 1.29 is 0 Å². The second kappa shape index (κ2) is 5.45. The Bertz CT molecular complexity index is 461. The van der Waals surface area contributed by atoms with Crippen molar-refractivity contribution in [2.45, 2.75) is 26.4 Å². The number of hydrogen-bond acceptors (Lipinski definition) is 3. The summed E-state index contributed by atoms with van der Waals surface area (Å²) < 4.78 is 1.20. The van der Waals surface area contributed by atoms with Crippen LogP contribution in [0.15, 0.2) is 28.1 Å². The van der Waals surface area contributed by atoms with E-state index in [0.717, 1.165) is 6.54 Å². The highest BCUT2D eigenvalue weighted by atomic mass is 79.9. The van der Waals surface area contributed by atoms with E-state index in [1.54, 1.807) is 11.3 Å². The molecule has 2 aromatic heterocycles. The average Bonchev–Trinajstić information content (AvgIpc) is 2.84. The second-order valence-corrected chi connectivity index (χ2v) is 7.62. The van der Waals surface area contributed by atoms with E-state index < -0.39 is 0 Å². The smallest absolute Gasteiger partial charge is 0.0701 e. The standard InChI is InChI=1S/C12H14BrNS2/c1-8-3-4-10(15-8)7-14-9(2)11-5-6-12(13)16-11/h3-6,9,14H,7H2,1-2H3. The lowest BCUT2D eigenvalue weighted by molar-refractivity contribution is 0.587. The van der Waals surface area contributed by atoms with Gasteiger partial charge in [-0.15, -0.1) is 22.7 Å². The molecule has 1 unspecified atom stereocenters. The molecular weight excluding hydrogens is 302 g/mol. The first-order valence-corrected chi connectivity index (χ1v) is 7.61. The van der Waals surface area contributed by atoms with Crippen LogP contribution < -0.4 is 5.32 Å². The lowest BCUT2D eigenvalue weighted by Gasteiger charge is -2.10. The summed E-state index contributed by atoms with van der Waals surface area (Å²) in [5.41, 5.74) is 0.